The Hall–Kier alpha value is -0.650. The van der Waals surface area contributed by atoms with E-state index >= 15 is 0 Å². The van der Waals surface area contributed by atoms with Crippen LogP contribution in [-0.2, 0) is 19.0 Å². The molecule has 0 spiro atoms. The lowest BCUT2D eigenvalue weighted by atomic mass is 9.99. The first-order chi connectivity index (χ1) is 7.62. The zero-order valence-corrected chi connectivity index (χ0v) is 10.0. The second kappa shape index (κ2) is 6.18. The topological polar surface area (TPSA) is 70.8 Å². The standard InChI is InChI=1S/C11H21NO4/c1-3-15-10(13)11(12)5-4-9(8-11)16-7-6-14-2/h9H,3-8,12H2,1-2H3. The molecule has 1 saturated carbocycles. The van der Waals surface area contributed by atoms with Crippen LogP contribution in [0.1, 0.15) is 26.2 Å². The fourth-order valence-corrected chi connectivity index (χ4v) is 1.93. The summed E-state index contributed by atoms with van der Waals surface area (Å²) in [6.07, 6.45) is 2.02. The average Bonchev–Trinajstić information content (AvgIpc) is 2.63. The second-order valence-corrected chi connectivity index (χ2v) is 4.11. The van der Waals surface area contributed by atoms with Gasteiger partial charge in [0.2, 0.25) is 0 Å². The maximum Gasteiger partial charge on any atom is 0.326 e. The van der Waals surface area contributed by atoms with Gasteiger partial charge in [0.15, 0.2) is 0 Å². The predicted molar refractivity (Wildman–Crippen MR) is 59.0 cm³/mol. The van der Waals surface area contributed by atoms with Gasteiger partial charge in [-0.2, -0.15) is 0 Å². The molecule has 2 N–H and O–H groups in total. The second-order valence-electron chi connectivity index (χ2n) is 4.11. The SMILES string of the molecule is CCOC(=O)C1(N)CCC(OCCOC)C1. The number of rotatable bonds is 6. The van der Waals surface area contributed by atoms with Crippen LogP contribution in [0, 0.1) is 0 Å². The van der Waals surface area contributed by atoms with E-state index in [4.69, 9.17) is 19.9 Å². The minimum absolute atomic E-state index is 0.0459. The molecule has 1 fully saturated rings. The van der Waals surface area contributed by atoms with Crippen LogP contribution in [0.2, 0.25) is 0 Å². The lowest BCUT2D eigenvalue weighted by Crippen LogP contribution is -2.47. The highest BCUT2D eigenvalue weighted by molar-refractivity contribution is 5.81. The van der Waals surface area contributed by atoms with Crippen molar-refractivity contribution in [1.29, 1.82) is 0 Å². The van der Waals surface area contributed by atoms with E-state index in [0.29, 0.717) is 32.7 Å². The molecule has 5 nitrogen and oxygen atoms in total. The van der Waals surface area contributed by atoms with Crippen LogP contribution in [-0.4, -0.2) is 44.5 Å². The van der Waals surface area contributed by atoms with Crippen LogP contribution in [0.4, 0.5) is 0 Å². The predicted octanol–water partition coefficient (Wildman–Crippen LogP) is 0.463. The Morgan fingerprint density at radius 2 is 2.25 bits per heavy atom. The maximum atomic E-state index is 11.6. The molecule has 0 amide bonds. The van der Waals surface area contributed by atoms with Crippen LogP contribution < -0.4 is 5.73 Å². The fraction of sp³-hybridized carbons (Fsp3) is 0.909. The van der Waals surface area contributed by atoms with Gasteiger partial charge in [0, 0.05) is 13.5 Å². The highest BCUT2D eigenvalue weighted by Gasteiger charge is 2.43. The summed E-state index contributed by atoms with van der Waals surface area (Å²) in [5.74, 6) is -0.312. The van der Waals surface area contributed by atoms with Crippen LogP contribution >= 0.6 is 0 Å². The third-order valence-corrected chi connectivity index (χ3v) is 2.83. The molecule has 0 radical (unpaired) electrons. The van der Waals surface area contributed by atoms with Gasteiger partial charge in [-0.25, -0.2) is 0 Å². The molecule has 16 heavy (non-hydrogen) atoms. The Bertz CT molecular complexity index is 234. The minimum Gasteiger partial charge on any atom is -0.465 e. The lowest BCUT2D eigenvalue weighted by Gasteiger charge is -2.21. The van der Waals surface area contributed by atoms with Gasteiger partial charge in [0.25, 0.3) is 0 Å². The van der Waals surface area contributed by atoms with Crippen molar-refractivity contribution < 1.29 is 19.0 Å². The van der Waals surface area contributed by atoms with Crippen molar-refractivity contribution >= 4 is 5.97 Å². The molecule has 0 aromatic rings. The number of hydrogen-bond donors (Lipinski definition) is 1. The third-order valence-electron chi connectivity index (χ3n) is 2.83. The van der Waals surface area contributed by atoms with Gasteiger partial charge >= 0.3 is 5.97 Å². The van der Waals surface area contributed by atoms with Crippen molar-refractivity contribution in [3.05, 3.63) is 0 Å². The van der Waals surface area contributed by atoms with E-state index in [1.54, 1.807) is 14.0 Å². The van der Waals surface area contributed by atoms with Gasteiger partial charge in [-0.05, 0) is 19.8 Å². The first-order valence-electron chi connectivity index (χ1n) is 5.69. The third kappa shape index (κ3) is 3.43. The number of carbonyl (C=O) groups is 1. The molecule has 2 atom stereocenters. The zero-order valence-electron chi connectivity index (χ0n) is 10.0. The number of nitrogens with two attached hydrogens (primary N) is 1. The summed E-state index contributed by atoms with van der Waals surface area (Å²) in [4.78, 5) is 11.6. The molecule has 5 heteroatoms. The Labute approximate surface area is 96.2 Å². The van der Waals surface area contributed by atoms with E-state index in [2.05, 4.69) is 0 Å². The summed E-state index contributed by atoms with van der Waals surface area (Å²) in [7, 11) is 1.63. The summed E-state index contributed by atoms with van der Waals surface area (Å²) in [5, 5.41) is 0. The molecule has 0 aromatic heterocycles. The first kappa shape index (κ1) is 13.4. The van der Waals surface area contributed by atoms with E-state index in [0.717, 1.165) is 6.42 Å². The molecular formula is C11H21NO4. The van der Waals surface area contributed by atoms with Crippen molar-refractivity contribution in [2.75, 3.05) is 26.9 Å². The summed E-state index contributed by atoms with van der Waals surface area (Å²) in [6, 6.07) is 0. The average molecular weight is 231 g/mol. The molecule has 1 aliphatic rings. The number of hydrogen-bond acceptors (Lipinski definition) is 5. The summed E-state index contributed by atoms with van der Waals surface area (Å²) < 4.78 is 15.4. The van der Waals surface area contributed by atoms with E-state index in [1.807, 2.05) is 0 Å². The van der Waals surface area contributed by atoms with Crippen LogP contribution in [0.15, 0.2) is 0 Å². The summed E-state index contributed by atoms with van der Waals surface area (Å²) in [6.45, 7) is 3.25. The van der Waals surface area contributed by atoms with E-state index in [9.17, 15) is 4.79 Å². The number of carbonyl (C=O) groups excluding carboxylic acids is 1. The molecule has 0 heterocycles. The zero-order chi connectivity index (χ0) is 12.0. The molecular weight excluding hydrogens is 210 g/mol. The largest absolute Gasteiger partial charge is 0.465 e. The lowest BCUT2D eigenvalue weighted by molar-refractivity contribution is -0.149. The molecule has 0 aliphatic heterocycles. The van der Waals surface area contributed by atoms with Crippen molar-refractivity contribution in [2.24, 2.45) is 5.73 Å². The smallest absolute Gasteiger partial charge is 0.326 e. The summed E-state index contributed by atoms with van der Waals surface area (Å²) >= 11 is 0. The monoisotopic (exact) mass is 231 g/mol. The molecule has 94 valence electrons. The molecule has 2 unspecified atom stereocenters. The van der Waals surface area contributed by atoms with Crippen molar-refractivity contribution in [3.63, 3.8) is 0 Å². The van der Waals surface area contributed by atoms with Gasteiger partial charge in [0.05, 0.1) is 25.9 Å². The van der Waals surface area contributed by atoms with E-state index < -0.39 is 5.54 Å². The van der Waals surface area contributed by atoms with Gasteiger partial charge < -0.3 is 19.9 Å². The number of methoxy groups -OCH3 is 1. The Morgan fingerprint density at radius 3 is 2.88 bits per heavy atom. The molecule has 1 rings (SSSR count). The van der Waals surface area contributed by atoms with Gasteiger partial charge in [-0.1, -0.05) is 0 Å². The maximum absolute atomic E-state index is 11.6. The van der Waals surface area contributed by atoms with E-state index in [-0.39, 0.29) is 12.1 Å². The number of esters is 1. The fourth-order valence-electron chi connectivity index (χ4n) is 1.93. The Kier molecular flexibility index (Phi) is 5.18. The van der Waals surface area contributed by atoms with Crippen molar-refractivity contribution in [2.45, 2.75) is 37.8 Å². The van der Waals surface area contributed by atoms with Crippen LogP contribution in [0.5, 0.6) is 0 Å². The van der Waals surface area contributed by atoms with E-state index in [1.165, 1.54) is 0 Å². The van der Waals surface area contributed by atoms with Crippen LogP contribution in [0.25, 0.3) is 0 Å². The van der Waals surface area contributed by atoms with Gasteiger partial charge in [-0.15, -0.1) is 0 Å². The highest BCUT2D eigenvalue weighted by Crippen LogP contribution is 2.30. The normalized spacial score (nSPS) is 29.3. The van der Waals surface area contributed by atoms with Crippen LogP contribution in [0.3, 0.4) is 0 Å². The molecule has 0 aromatic carbocycles. The van der Waals surface area contributed by atoms with Crippen molar-refractivity contribution in [3.8, 4) is 0 Å². The highest BCUT2D eigenvalue weighted by atomic mass is 16.5. The van der Waals surface area contributed by atoms with Gasteiger partial charge in [-0.3, -0.25) is 4.79 Å². The number of ether oxygens (including phenoxy) is 3. The summed E-state index contributed by atoms with van der Waals surface area (Å²) in [5.41, 5.74) is 5.14. The molecule has 0 bridgehead atoms. The van der Waals surface area contributed by atoms with Gasteiger partial charge in [0.1, 0.15) is 5.54 Å². The quantitative estimate of drug-likeness (QED) is 0.531. The first-order valence-corrected chi connectivity index (χ1v) is 5.69. The molecule has 1 aliphatic carbocycles. The minimum atomic E-state index is -0.853. The van der Waals surface area contributed by atoms with Crippen molar-refractivity contribution in [1.82, 2.24) is 0 Å². The Balaban J connectivity index is 2.35. The molecule has 0 saturated heterocycles. The Morgan fingerprint density at radius 1 is 1.50 bits per heavy atom.